The molecule has 1 aromatic heterocycles. The van der Waals surface area contributed by atoms with Crippen molar-refractivity contribution in [3.05, 3.63) is 11.5 Å². The lowest BCUT2D eigenvalue weighted by Crippen LogP contribution is -2.44. The van der Waals surface area contributed by atoms with Crippen molar-refractivity contribution in [1.82, 2.24) is 14.9 Å². The zero-order chi connectivity index (χ0) is 17.0. The molecule has 0 spiro atoms. The predicted molar refractivity (Wildman–Crippen MR) is 90.5 cm³/mol. The number of rotatable bonds is 3. The Balaban J connectivity index is 1.89. The van der Waals surface area contributed by atoms with Crippen LogP contribution in [0.5, 0.6) is 0 Å². The molecule has 0 aliphatic carbocycles. The van der Waals surface area contributed by atoms with Gasteiger partial charge in [0.15, 0.2) is 11.0 Å². The van der Waals surface area contributed by atoms with Gasteiger partial charge in [-0.15, -0.1) is 0 Å². The normalized spacial score (nSPS) is 18.6. The first-order chi connectivity index (χ1) is 10.8. The number of hydrogen-bond donors (Lipinski definition) is 2. The van der Waals surface area contributed by atoms with Crippen molar-refractivity contribution in [1.29, 1.82) is 0 Å². The van der Waals surface area contributed by atoms with E-state index in [1.807, 2.05) is 20.8 Å². The molecule has 8 heteroatoms. The van der Waals surface area contributed by atoms with E-state index in [2.05, 4.69) is 15.3 Å². The Morgan fingerprint density at radius 1 is 1.52 bits per heavy atom. The van der Waals surface area contributed by atoms with Crippen molar-refractivity contribution < 1.29 is 9.53 Å². The minimum Gasteiger partial charge on any atom is -0.444 e. The summed E-state index contributed by atoms with van der Waals surface area (Å²) >= 11 is 5.88. The van der Waals surface area contributed by atoms with Gasteiger partial charge < -0.3 is 20.7 Å². The average Bonchev–Trinajstić information content (AvgIpc) is 2.47. The van der Waals surface area contributed by atoms with Crippen molar-refractivity contribution in [2.24, 2.45) is 5.92 Å². The number of likely N-dealkylation sites (tertiary alicyclic amines) is 1. The Bertz CT molecular complexity index is 561. The van der Waals surface area contributed by atoms with Gasteiger partial charge in [-0.25, -0.2) is 14.8 Å². The van der Waals surface area contributed by atoms with Crippen molar-refractivity contribution in [2.45, 2.75) is 39.2 Å². The number of amides is 1. The van der Waals surface area contributed by atoms with Crippen LogP contribution in [0.4, 0.5) is 16.3 Å². The molecule has 0 radical (unpaired) electrons. The Hall–Kier alpha value is -1.76. The number of carbonyl (C=O) groups is 1. The van der Waals surface area contributed by atoms with Gasteiger partial charge in [0.25, 0.3) is 0 Å². The molecular formula is C15H24ClN5O2. The van der Waals surface area contributed by atoms with E-state index in [0.717, 1.165) is 19.4 Å². The number of nitrogens with two attached hydrogens (primary N) is 1. The van der Waals surface area contributed by atoms with Gasteiger partial charge in [-0.1, -0.05) is 11.6 Å². The van der Waals surface area contributed by atoms with E-state index >= 15 is 0 Å². The van der Waals surface area contributed by atoms with E-state index in [1.54, 1.807) is 4.90 Å². The van der Waals surface area contributed by atoms with Crippen LogP contribution in [0.25, 0.3) is 0 Å². The Kier molecular flexibility index (Phi) is 5.51. The van der Waals surface area contributed by atoms with E-state index in [-0.39, 0.29) is 11.2 Å². The molecule has 1 unspecified atom stereocenters. The van der Waals surface area contributed by atoms with E-state index in [0.29, 0.717) is 30.5 Å². The first kappa shape index (κ1) is 17.6. The number of nitrogens with one attached hydrogen (secondary N) is 1. The smallest absolute Gasteiger partial charge is 0.410 e. The first-order valence-corrected chi connectivity index (χ1v) is 8.12. The summed E-state index contributed by atoms with van der Waals surface area (Å²) in [7, 11) is 0. The first-order valence-electron chi connectivity index (χ1n) is 7.74. The summed E-state index contributed by atoms with van der Waals surface area (Å²) in [6.45, 7) is 7.66. The van der Waals surface area contributed by atoms with Gasteiger partial charge in [0.05, 0.1) is 0 Å². The van der Waals surface area contributed by atoms with Gasteiger partial charge in [0, 0.05) is 19.6 Å². The fourth-order valence-corrected chi connectivity index (χ4v) is 2.61. The second kappa shape index (κ2) is 7.21. The number of ether oxygens (including phenoxy) is 1. The van der Waals surface area contributed by atoms with E-state index in [9.17, 15) is 4.79 Å². The zero-order valence-corrected chi connectivity index (χ0v) is 14.6. The minimum absolute atomic E-state index is 0.238. The summed E-state index contributed by atoms with van der Waals surface area (Å²) < 4.78 is 5.43. The van der Waals surface area contributed by atoms with Crippen LogP contribution in [0.15, 0.2) is 6.33 Å². The monoisotopic (exact) mass is 341 g/mol. The summed E-state index contributed by atoms with van der Waals surface area (Å²) in [5, 5.41) is 3.43. The van der Waals surface area contributed by atoms with Crippen LogP contribution in [0.3, 0.4) is 0 Å². The molecule has 23 heavy (non-hydrogen) atoms. The molecule has 128 valence electrons. The van der Waals surface area contributed by atoms with Gasteiger partial charge >= 0.3 is 6.09 Å². The lowest BCUT2D eigenvalue weighted by atomic mass is 9.98. The third kappa shape index (κ3) is 5.13. The SMILES string of the molecule is CC(C)(C)OC(=O)N1CCCC(CNc2ncnc(Cl)c2N)C1. The maximum Gasteiger partial charge on any atom is 0.410 e. The van der Waals surface area contributed by atoms with Crippen molar-refractivity contribution >= 4 is 29.2 Å². The van der Waals surface area contributed by atoms with Gasteiger partial charge in [-0.2, -0.15) is 0 Å². The van der Waals surface area contributed by atoms with Crippen LogP contribution in [0, 0.1) is 5.92 Å². The Labute approximate surface area is 141 Å². The zero-order valence-electron chi connectivity index (χ0n) is 13.8. The topological polar surface area (TPSA) is 93.4 Å². The van der Waals surface area contributed by atoms with E-state index in [1.165, 1.54) is 6.33 Å². The highest BCUT2D eigenvalue weighted by molar-refractivity contribution is 6.32. The van der Waals surface area contributed by atoms with Crippen molar-refractivity contribution in [2.75, 3.05) is 30.7 Å². The van der Waals surface area contributed by atoms with Gasteiger partial charge in [0.1, 0.15) is 17.6 Å². The van der Waals surface area contributed by atoms with Crippen LogP contribution < -0.4 is 11.1 Å². The Morgan fingerprint density at radius 3 is 2.96 bits per heavy atom. The lowest BCUT2D eigenvalue weighted by molar-refractivity contribution is 0.0172. The highest BCUT2D eigenvalue weighted by atomic mass is 35.5. The van der Waals surface area contributed by atoms with E-state index < -0.39 is 5.60 Å². The maximum absolute atomic E-state index is 12.2. The van der Waals surface area contributed by atoms with Crippen molar-refractivity contribution in [3.8, 4) is 0 Å². The maximum atomic E-state index is 12.2. The molecule has 1 aliphatic rings. The quantitative estimate of drug-likeness (QED) is 0.821. The highest BCUT2D eigenvalue weighted by Gasteiger charge is 2.27. The molecule has 1 fully saturated rings. The van der Waals surface area contributed by atoms with Crippen LogP contribution >= 0.6 is 11.6 Å². The molecule has 0 bridgehead atoms. The number of piperidine rings is 1. The molecule has 1 aromatic rings. The highest BCUT2D eigenvalue weighted by Crippen LogP contribution is 2.24. The third-order valence-corrected chi connectivity index (χ3v) is 3.87. The Morgan fingerprint density at radius 2 is 2.26 bits per heavy atom. The minimum atomic E-state index is -0.478. The standard InChI is InChI=1S/C15H24ClN5O2/c1-15(2,3)23-14(22)21-6-4-5-10(8-21)7-18-13-11(17)12(16)19-9-20-13/h9-10H,4-8,17H2,1-3H3,(H,18,19,20). The van der Waals surface area contributed by atoms with Gasteiger partial charge in [-0.05, 0) is 39.5 Å². The second-order valence-corrected chi connectivity index (χ2v) is 7.10. The number of nitrogen functional groups attached to an aromatic ring is 1. The third-order valence-electron chi connectivity index (χ3n) is 3.56. The lowest BCUT2D eigenvalue weighted by Gasteiger charge is -2.34. The molecule has 2 heterocycles. The second-order valence-electron chi connectivity index (χ2n) is 6.74. The molecule has 0 aromatic carbocycles. The predicted octanol–water partition coefficient (Wildman–Crippen LogP) is 2.77. The van der Waals surface area contributed by atoms with E-state index in [4.69, 9.17) is 22.1 Å². The molecule has 7 nitrogen and oxygen atoms in total. The summed E-state index contributed by atoms with van der Waals surface area (Å²) in [5.41, 5.74) is 5.70. The number of halogens is 1. The summed E-state index contributed by atoms with van der Waals surface area (Å²) in [4.78, 5) is 21.8. The number of anilines is 2. The molecule has 3 N–H and O–H groups in total. The molecule has 1 amide bonds. The molecule has 1 atom stereocenters. The summed E-state index contributed by atoms with van der Waals surface area (Å²) in [6.07, 6.45) is 3.10. The van der Waals surface area contributed by atoms with Crippen LogP contribution in [-0.4, -0.2) is 46.2 Å². The number of aromatic nitrogens is 2. The molecule has 1 saturated heterocycles. The molecule has 0 saturated carbocycles. The number of carbonyl (C=O) groups excluding carboxylic acids is 1. The van der Waals surface area contributed by atoms with Crippen LogP contribution in [0.2, 0.25) is 5.15 Å². The van der Waals surface area contributed by atoms with Crippen molar-refractivity contribution in [3.63, 3.8) is 0 Å². The van der Waals surface area contributed by atoms with Gasteiger partial charge in [-0.3, -0.25) is 0 Å². The molecule has 2 rings (SSSR count). The average molecular weight is 342 g/mol. The van der Waals surface area contributed by atoms with Crippen LogP contribution in [-0.2, 0) is 4.74 Å². The van der Waals surface area contributed by atoms with Gasteiger partial charge in [0.2, 0.25) is 0 Å². The summed E-state index contributed by atoms with van der Waals surface area (Å²) in [5.74, 6) is 0.837. The fourth-order valence-electron chi connectivity index (χ4n) is 2.48. The molecular weight excluding hydrogens is 318 g/mol. The number of nitrogens with zero attached hydrogens (tertiary/aromatic N) is 3. The van der Waals surface area contributed by atoms with Crippen LogP contribution in [0.1, 0.15) is 33.6 Å². The molecule has 1 aliphatic heterocycles. The fraction of sp³-hybridized carbons (Fsp3) is 0.667. The summed E-state index contributed by atoms with van der Waals surface area (Å²) in [6, 6.07) is 0. The number of hydrogen-bond acceptors (Lipinski definition) is 6. The largest absolute Gasteiger partial charge is 0.444 e.